The van der Waals surface area contributed by atoms with Gasteiger partial charge in [0, 0.05) is 6.54 Å². The van der Waals surface area contributed by atoms with Gasteiger partial charge in [-0.1, -0.05) is 6.92 Å². The van der Waals surface area contributed by atoms with Crippen LogP contribution in [-0.2, 0) is 10.2 Å². The first-order valence-corrected chi connectivity index (χ1v) is 5.41. The molecular weight excluding hydrogens is 180 g/mol. The van der Waals surface area contributed by atoms with Gasteiger partial charge in [0.1, 0.15) is 0 Å². The smallest absolute Gasteiger partial charge is 0.277 e. The van der Waals surface area contributed by atoms with Gasteiger partial charge in [0.2, 0.25) is 0 Å². The molecule has 1 aliphatic rings. The minimum atomic E-state index is -3.40. The number of aliphatic hydroxyl groups is 1. The maximum absolute atomic E-state index is 11.1. The molecule has 1 aliphatic carbocycles. The lowest BCUT2D eigenvalue weighted by Gasteiger charge is -2.13. The summed E-state index contributed by atoms with van der Waals surface area (Å²) < 4.78 is 26.9. The molecule has 72 valence electrons. The Morgan fingerprint density at radius 3 is 2.42 bits per heavy atom. The van der Waals surface area contributed by atoms with Gasteiger partial charge in [-0.05, 0) is 12.8 Å². The quantitative estimate of drug-likeness (QED) is 0.523. The van der Waals surface area contributed by atoms with Gasteiger partial charge in [-0.25, -0.2) is 4.72 Å². The van der Waals surface area contributed by atoms with E-state index in [1.165, 1.54) is 0 Å². The Morgan fingerprint density at radius 1 is 1.50 bits per heavy atom. The van der Waals surface area contributed by atoms with Gasteiger partial charge in [-0.3, -0.25) is 0 Å². The molecule has 1 saturated carbocycles. The third-order valence-electron chi connectivity index (χ3n) is 1.84. The van der Waals surface area contributed by atoms with E-state index in [0.29, 0.717) is 19.4 Å². The summed E-state index contributed by atoms with van der Waals surface area (Å²) in [5, 5.41) is 8.83. The molecule has 3 N–H and O–H groups in total. The minimum Gasteiger partial charge on any atom is -0.394 e. The molecule has 0 spiro atoms. The van der Waals surface area contributed by atoms with E-state index in [9.17, 15) is 8.42 Å². The zero-order valence-electron chi connectivity index (χ0n) is 7.00. The number of nitrogens with one attached hydrogen (secondary N) is 2. The first kappa shape index (κ1) is 9.91. The van der Waals surface area contributed by atoms with Gasteiger partial charge in [0.05, 0.1) is 12.1 Å². The van der Waals surface area contributed by atoms with E-state index in [2.05, 4.69) is 9.44 Å². The molecule has 6 heteroatoms. The number of rotatable bonds is 5. The summed E-state index contributed by atoms with van der Waals surface area (Å²) in [5.74, 6) is 0. The van der Waals surface area contributed by atoms with E-state index >= 15 is 0 Å². The van der Waals surface area contributed by atoms with E-state index < -0.39 is 15.7 Å². The molecule has 0 radical (unpaired) electrons. The summed E-state index contributed by atoms with van der Waals surface area (Å²) in [5.41, 5.74) is -0.568. The summed E-state index contributed by atoms with van der Waals surface area (Å²) in [6.07, 6.45) is 1.43. The highest BCUT2D eigenvalue weighted by atomic mass is 32.2. The van der Waals surface area contributed by atoms with Gasteiger partial charge in [-0.15, -0.1) is 0 Å². The van der Waals surface area contributed by atoms with Gasteiger partial charge in [-0.2, -0.15) is 13.1 Å². The molecule has 0 aromatic heterocycles. The number of aliphatic hydroxyl groups excluding tert-OH is 1. The van der Waals surface area contributed by atoms with Crippen molar-refractivity contribution < 1.29 is 13.5 Å². The molecule has 0 unspecified atom stereocenters. The monoisotopic (exact) mass is 194 g/mol. The molecule has 1 rings (SSSR count). The molecule has 0 aromatic rings. The number of hydrogen-bond acceptors (Lipinski definition) is 3. The van der Waals surface area contributed by atoms with Crippen LogP contribution in [0.3, 0.4) is 0 Å². The van der Waals surface area contributed by atoms with Crippen LogP contribution in [0.4, 0.5) is 0 Å². The highest BCUT2D eigenvalue weighted by Crippen LogP contribution is 2.34. The van der Waals surface area contributed by atoms with E-state index in [0.717, 1.165) is 0 Å². The minimum absolute atomic E-state index is 0.127. The molecule has 0 heterocycles. The van der Waals surface area contributed by atoms with Crippen LogP contribution >= 0.6 is 0 Å². The molecule has 0 aliphatic heterocycles. The van der Waals surface area contributed by atoms with Crippen LogP contribution in [0.2, 0.25) is 0 Å². The summed E-state index contributed by atoms with van der Waals surface area (Å²) in [4.78, 5) is 0. The third kappa shape index (κ3) is 2.41. The molecule has 0 saturated heterocycles. The molecule has 0 aromatic carbocycles. The Labute approximate surface area is 72.3 Å². The van der Waals surface area contributed by atoms with Crippen molar-refractivity contribution in [3.05, 3.63) is 0 Å². The molecule has 1 fully saturated rings. The third-order valence-corrected chi connectivity index (χ3v) is 3.21. The van der Waals surface area contributed by atoms with Crippen molar-refractivity contribution in [1.82, 2.24) is 9.44 Å². The molecule has 5 nitrogen and oxygen atoms in total. The second-order valence-electron chi connectivity index (χ2n) is 3.04. The van der Waals surface area contributed by atoms with Crippen LogP contribution in [0.15, 0.2) is 0 Å². The normalized spacial score (nSPS) is 20.8. The molecule has 0 atom stereocenters. The Bertz CT molecular complexity index is 246. The van der Waals surface area contributed by atoms with Crippen molar-refractivity contribution >= 4 is 10.2 Å². The summed E-state index contributed by atoms with van der Waals surface area (Å²) >= 11 is 0. The lowest BCUT2D eigenvalue weighted by molar-refractivity contribution is 0.246. The van der Waals surface area contributed by atoms with E-state index in [4.69, 9.17) is 5.11 Å². The fraction of sp³-hybridized carbons (Fsp3) is 1.00. The van der Waals surface area contributed by atoms with Crippen LogP contribution in [0.25, 0.3) is 0 Å². The van der Waals surface area contributed by atoms with E-state index in [1.807, 2.05) is 0 Å². The Kier molecular flexibility index (Phi) is 2.72. The van der Waals surface area contributed by atoms with E-state index in [-0.39, 0.29) is 6.61 Å². The largest absolute Gasteiger partial charge is 0.394 e. The van der Waals surface area contributed by atoms with Gasteiger partial charge < -0.3 is 5.11 Å². The topological polar surface area (TPSA) is 78.4 Å². The Balaban J connectivity index is 2.50. The predicted molar refractivity (Wildman–Crippen MR) is 44.8 cm³/mol. The van der Waals surface area contributed by atoms with Crippen molar-refractivity contribution in [3.63, 3.8) is 0 Å². The van der Waals surface area contributed by atoms with Crippen molar-refractivity contribution in [1.29, 1.82) is 0 Å². The fourth-order valence-corrected chi connectivity index (χ4v) is 2.25. The van der Waals surface area contributed by atoms with Crippen LogP contribution < -0.4 is 9.44 Å². The SMILES string of the molecule is CCNS(=O)(=O)NC1(CO)CC1. The average molecular weight is 194 g/mol. The zero-order valence-corrected chi connectivity index (χ0v) is 7.82. The predicted octanol–water partition coefficient (Wildman–Crippen LogP) is -1.04. The van der Waals surface area contributed by atoms with Gasteiger partial charge in [0.25, 0.3) is 10.2 Å². The van der Waals surface area contributed by atoms with Crippen LogP contribution in [0.5, 0.6) is 0 Å². The summed E-state index contributed by atoms with van der Waals surface area (Å²) in [7, 11) is -3.40. The first-order valence-electron chi connectivity index (χ1n) is 3.93. The van der Waals surface area contributed by atoms with Crippen LogP contribution in [0.1, 0.15) is 19.8 Å². The molecular formula is C6H14N2O3S. The molecule has 12 heavy (non-hydrogen) atoms. The lowest BCUT2D eigenvalue weighted by Crippen LogP contribution is -2.45. The molecule has 0 bridgehead atoms. The lowest BCUT2D eigenvalue weighted by atomic mass is 10.3. The summed E-state index contributed by atoms with van der Waals surface area (Å²) in [6.45, 7) is 1.94. The Hall–Kier alpha value is -0.170. The fourth-order valence-electron chi connectivity index (χ4n) is 0.954. The average Bonchev–Trinajstić information content (AvgIpc) is 2.68. The second-order valence-corrected chi connectivity index (χ2v) is 4.54. The van der Waals surface area contributed by atoms with Crippen LogP contribution in [-0.4, -0.2) is 32.2 Å². The van der Waals surface area contributed by atoms with Gasteiger partial charge >= 0.3 is 0 Å². The maximum atomic E-state index is 11.1. The van der Waals surface area contributed by atoms with Crippen molar-refractivity contribution in [2.75, 3.05) is 13.2 Å². The Morgan fingerprint density at radius 2 is 2.08 bits per heavy atom. The summed E-state index contributed by atoms with van der Waals surface area (Å²) in [6, 6.07) is 0. The van der Waals surface area contributed by atoms with Gasteiger partial charge in [0.15, 0.2) is 0 Å². The van der Waals surface area contributed by atoms with Crippen LogP contribution in [0, 0.1) is 0 Å². The number of hydrogen-bond donors (Lipinski definition) is 3. The van der Waals surface area contributed by atoms with Crippen molar-refractivity contribution in [3.8, 4) is 0 Å². The van der Waals surface area contributed by atoms with Crippen molar-refractivity contribution in [2.24, 2.45) is 0 Å². The maximum Gasteiger partial charge on any atom is 0.277 e. The van der Waals surface area contributed by atoms with Crippen molar-refractivity contribution in [2.45, 2.75) is 25.3 Å². The first-order chi connectivity index (χ1) is 5.54. The highest BCUT2D eigenvalue weighted by Gasteiger charge is 2.45. The second kappa shape index (κ2) is 3.29. The highest BCUT2D eigenvalue weighted by molar-refractivity contribution is 7.87. The zero-order chi connectivity index (χ0) is 9.24. The molecule has 0 amide bonds. The van der Waals surface area contributed by atoms with E-state index in [1.54, 1.807) is 6.92 Å². The standard InChI is InChI=1S/C6H14N2O3S/c1-2-7-12(10,11)8-6(5-9)3-4-6/h7-9H,2-5H2,1H3.